The summed E-state index contributed by atoms with van der Waals surface area (Å²) in [4.78, 5) is 22.3. The zero-order valence-corrected chi connectivity index (χ0v) is 10.8. The van der Waals surface area contributed by atoms with E-state index in [0.29, 0.717) is 13.0 Å². The first-order chi connectivity index (χ1) is 7.96. The molecule has 0 aromatic heterocycles. The number of aliphatic carboxylic acids is 1. The third-order valence-corrected chi connectivity index (χ3v) is 2.82. The van der Waals surface area contributed by atoms with E-state index in [4.69, 9.17) is 5.11 Å². The van der Waals surface area contributed by atoms with Crippen LogP contribution in [0.15, 0.2) is 0 Å². The minimum Gasteiger partial charge on any atom is -0.481 e. The molecule has 0 bridgehead atoms. The van der Waals surface area contributed by atoms with Crippen molar-refractivity contribution in [3.8, 4) is 0 Å². The molecule has 17 heavy (non-hydrogen) atoms. The van der Waals surface area contributed by atoms with Gasteiger partial charge in [-0.05, 0) is 33.4 Å². The summed E-state index contributed by atoms with van der Waals surface area (Å²) in [6.45, 7) is 4.96. The van der Waals surface area contributed by atoms with Gasteiger partial charge in [-0.2, -0.15) is 0 Å². The van der Waals surface area contributed by atoms with Crippen molar-refractivity contribution in [2.24, 2.45) is 5.41 Å². The minimum absolute atomic E-state index is 0.136. The van der Waals surface area contributed by atoms with Gasteiger partial charge >= 0.3 is 12.0 Å². The molecule has 0 aromatic rings. The van der Waals surface area contributed by atoms with E-state index in [2.05, 4.69) is 16.0 Å². The minimum atomic E-state index is -0.900. The largest absolute Gasteiger partial charge is 0.481 e. The standard InChI is InChI=1S/C11H23N3O3/c1-4-11(2,9(15)16)8-14-10(17)13-7-5-6-12-3/h12H,4-8H2,1-3H3,(H,15,16)(H2,13,14,17). The van der Waals surface area contributed by atoms with Gasteiger partial charge in [-0.1, -0.05) is 6.92 Å². The molecule has 0 heterocycles. The highest BCUT2D eigenvalue weighted by Crippen LogP contribution is 2.19. The topological polar surface area (TPSA) is 90.5 Å². The van der Waals surface area contributed by atoms with Gasteiger partial charge in [0.25, 0.3) is 0 Å². The molecule has 2 amide bonds. The van der Waals surface area contributed by atoms with Crippen LogP contribution in [0, 0.1) is 5.41 Å². The number of hydrogen-bond donors (Lipinski definition) is 4. The number of urea groups is 1. The second-order valence-corrected chi connectivity index (χ2v) is 4.29. The van der Waals surface area contributed by atoms with Gasteiger partial charge in [0.15, 0.2) is 0 Å². The summed E-state index contributed by atoms with van der Waals surface area (Å²) in [5, 5.41) is 17.2. The van der Waals surface area contributed by atoms with Crippen molar-refractivity contribution in [3.63, 3.8) is 0 Å². The zero-order chi connectivity index (χ0) is 13.3. The van der Waals surface area contributed by atoms with Crippen LogP contribution in [0.4, 0.5) is 4.79 Å². The second kappa shape index (κ2) is 7.89. The lowest BCUT2D eigenvalue weighted by molar-refractivity contribution is -0.147. The maximum atomic E-state index is 11.4. The highest BCUT2D eigenvalue weighted by atomic mass is 16.4. The Morgan fingerprint density at radius 2 is 1.88 bits per heavy atom. The lowest BCUT2D eigenvalue weighted by Gasteiger charge is -2.23. The molecule has 0 aliphatic carbocycles. The maximum Gasteiger partial charge on any atom is 0.314 e. The smallest absolute Gasteiger partial charge is 0.314 e. The molecule has 6 nitrogen and oxygen atoms in total. The Bertz CT molecular complexity index is 258. The molecule has 0 aliphatic heterocycles. The molecule has 0 rings (SSSR count). The molecule has 6 heteroatoms. The lowest BCUT2D eigenvalue weighted by atomic mass is 9.88. The first-order valence-electron chi connectivity index (χ1n) is 5.86. The Labute approximate surface area is 102 Å². The summed E-state index contributed by atoms with van der Waals surface area (Å²) in [7, 11) is 1.85. The number of carboxylic acid groups (broad SMARTS) is 1. The fraction of sp³-hybridized carbons (Fsp3) is 0.818. The third-order valence-electron chi connectivity index (χ3n) is 2.82. The van der Waals surface area contributed by atoms with Crippen molar-refractivity contribution in [1.82, 2.24) is 16.0 Å². The molecular weight excluding hydrogens is 222 g/mol. The summed E-state index contributed by atoms with van der Waals surface area (Å²) in [6.07, 6.45) is 1.32. The molecule has 100 valence electrons. The number of hydrogen-bond acceptors (Lipinski definition) is 3. The van der Waals surface area contributed by atoms with Crippen molar-refractivity contribution in [2.75, 3.05) is 26.7 Å². The highest BCUT2D eigenvalue weighted by molar-refractivity contribution is 5.77. The summed E-state index contributed by atoms with van der Waals surface area (Å²) >= 11 is 0. The van der Waals surface area contributed by atoms with Crippen LogP contribution < -0.4 is 16.0 Å². The van der Waals surface area contributed by atoms with Gasteiger partial charge in [0, 0.05) is 13.1 Å². The van der Waals surface area contributed by atoms with Gasteiger partial charge in [-0.25, -0.2) is 4.79 Å². The van der Waals surface area contributed by atoms with E-state index in [-0.39, 0.29) is 12.6 Å². The van der Waals surface area contributed by atoms with Crippen LogP contribution >= 0.6 is 0 Å². The van der Waals surface area contributed by atoms with Crippen LogP contribution in [0.1, 0.15) is 26.7 Å². The van der Waals surface area contributed by atoms with Crippen LogP contribution in [0.5, 0.6) is 0 Å². The van der Waals surface area contributed by atoms with E-state index in [9.17, 15) is 9.59 Å². The summed E-state index contributed by atoms with van der Waals surface area (Å²) in [5.74, 6) is -0.893. The van der Waals surface area contributed by atoms with Crippen LogP contribution in [0.2, 0.25) is 0 Å². The van der Waals surface area contributed by atoms with Crippen LogP contribution in [0.3, 0.4) is 0 Å². The predicted octanol–water partition coefficient (Wildman–Crippen LogP) is 0.396. The highest BCUT2D eigenvalue weighted by Gasteiger charge is 2.31. The summed E-state index contributed by atoms with van der Waals surface area (Å²) in [5.41, 5.74) is -0.900. The van der Waals surface area contributed by atoms with Gasteiger partial charge in [0.2, 0.25) is 0 Å². The molecule has 0 saturated heterocycles. The van der Waals surface area contributed by atoms with Crippen molar-refractivity contribution >= 4 is 12.0 Å². The van der Waals surface area contributed by atoms with Gasteiger partial charge in [-0.15, -0.1) is 0 Å². The molecular formula is C11H23N3O3. The number of rotatable bonds is 8. The SMILES string of the molecule is CCC(C)(CNC(=O)NCCCNC)C(=O)O. The van der Waals surface area contributed by atoms with Gasteiger partial charge in [-0.3, -0.25) is 4.79 Å². The third kappa shape index (κ3) is 6.11. The van der Waals surface area contributed by atoms with Gasteiger partial charge in [0.1, 0.15) is 0 Å². The Balaban J connectivity index is 3.86. The first kappa shape index (κ1) is 15.7. The van der Waals surface area contributed by atoms with Crippen LogP contribution in [-0.4, -0.2) is 43.8 Å². The number of carbonyl (C=O) groups is 2. The maximum absolute atomic E-state index is 11.4. The number of carbonyl (C=O) groups excluding carboxylic acids is 1. The normalized spacial score (nSPS) is 13.8. The van der Waals surface area contributed by atoms with E-state index >= 15 is 0 Å². The average Bonchev–Trinajstić information content (AvgIpc) is 2.31. The fourth-order valence-electron chi connectivity index (χ4n) is 1.16. The Hall–Kier alpha value is -1.30. The Kier molecular flexibility index (Phi) is 7.29. The monoisotopic (exact) mass is 245 g/mol. The number of nitrogens with one attached hydrogen (secondary N) is 3. The molecule has 0 spiro atoms. The number of carboxylic acids is 1. The van der Waals surface area contributed by atoms with Gasteiger partial charge < -0.3 is 21.1 Å². The van der Waals surface area contributed by atoms with Gasteiger partial charge in [0.05, 0.1) is 5.41 Å². The average molecular weight is 245 g/mol. The molecule has 0 radical (unpaired) electrons. The second-order valence-electron chi connectivity index (χ2n) is 4.29. The Morgan fingerprint density at radius 3 is 2.35 bits per heavy atom. The summed E-state index contributed by atoms with van der Waals surface area (Å²) < 4.78 is 0. The fourth-order valence-corrected chi connectivity index (χ4v) is 1.16. The molecule has 1 unspecified atom stereocenters. The molecule has 0 aliphatic rings. The van der Waals surface area contributed by atoms with Crippen molar-refractivity contribution in [1.29, 1.82) is 0 Å². The molecule has 0 aromatic carbocycles. The van der Waals surface area contributed by atoms with E-state index in [0.717, 1.165) is 13.0 Å². The lowest BCUT2D eigenvalue weighted by Crippen LogP contribution is -2.45. The molecule has 0 saturated carbocycles. The number of amides is 2. The molecule has 4 N–H and O–H groups in total. The van der Waals surface area contributed by atoms with Crippen molar-refractivity contribution < 1.29 is 14.7 Å². The van der Waals surface area contributed by atoms with E-state index in [1.165, 1.54) is 0 Å². The van der Waals surface area contributed by atoms with E-state index in [1.54, 1.807) is 13.8 Å². The Morgan fingerprint density at radius 1 is 1.24 bits per heavy atom. The van der Waals surface area contributed by atoms with Crippen molar-refractivity contribution in [3.05, 3.63) is 0 Å². The molecule has 1 atom stereocenters. The van der Waals surface area contributed by atoms with Crippen LogP contribution in [-0.2, 0) is 4.79 Å². The summed E-state index contributed by atoms with van der Waals surface area (Å²) in [6, 6.07) is -0.318. The quantitative estimate of drug-likeness (QED) is 0.466. The van der Waals surface area contributed by atoms with E-state index < -0.39 is 11.4 Å². The van der Waals surface area contributed by atoms with Crippen LogP contribution in [0.25, 0.3) is 0 Å². The predicted molar refractivity (Wildman–Crippen MR) is 66.0 cm³/mol. The molecule has 0 fully saturated rings. The zero-order valence-electron chi connectivity index (χ0n) is 10.8. The van der Waals surface area contributed by atoms with E-state index in [1.807, 2.05) is 7.05 Å². The van der Waals surface area contributed by atoms with Crippen molar-refractivity contribution in [2.45, 2.75) is 26.7 Å². The first-order valence-corrected chi connectivity index (χ1v) is 5.86.